The van der Waals surface area contributed by atoms with Crippen molar-refractivity contribution in [3.05, 3.63) is 58.1 Å². The number of hydrogen-bond donors (Lipinski definition) is 0. The molecule has 0 amide bonds. The van der Waals surface area contributed by atoms with Crippen LogP contribution in [0.25, 0.3) is 0 Å². The van der Waals surface area contributed by atoms with Gasteiger partial charge in [-0.2, -0.15) is 13.2 Å². The summed E-state index contributed by atoms with van der Waals surface area (Å²) >= 11 is 11.6. The zero-order valence-electron chi connectivity index (χ0n) is 11.9. The van der Waals surface area contributed by atoms with Crippen LogP contribution in [0, 0.1) is 0 Å². The van der Waals surface area contributed by atoms with E-state index in [1.165, 1.54) is 0 Å². The summed E-state index contributed by atoms with van der Waals surface area (Å²) in [5, 5.41) is -0.640. The Kier molecular flexibility index (Phi) is 5.96. The first-order chi connectivity index (χ1) is 11.3. The maximum Gasteiger partial charge on any atom is 0.416 e. The Hall–Kier alpha value is -1.92. The molecule has 2 aromatic carbocycles. The van der Waals surface area contributed by atoms with Gasteiger partial charge in [-0.1, -0.05) is 41.4 Å². The molecule has 1 unspecified atom stereocenters. The number of para-hydroxylation sites is 1. The highest BCUT2D eigenvalue weighted by Crippen LogP contribution is 2.39. The van der Waals surface area contributed by atoms with Gasteiger partial charge < -0.3 is 9.47 Å². The van der Waals surface area contributed by atoms with Crippen molar-refractivity contribution in [1.29, 1.82) is 0 Å². The highest BCUT2D eigenvalue weighted by molar-refractivity contribution is 6.37. The Morgan fingerprint density at radius 2 is 1.67 bits per heavy atom. The van der Waals surface area contributed by atoms with E-state index in [4.69, 9.17) is 32.7 Å². The van der Waals surface area contributed by atoms with Crippen molar-refractivity contribution >= 4 is 29.5 Å². The smallest absolute Gasteiger partial charge is 0.416 e. The number of benzene rings is 2. The molecule has 0 saturated carbocycles. The molecule has 127 valence electrons. The fraction of sp³-hybridized carbons (Fsp3) is 0.188. The highest BCUT2D eigenvalue weighted by Gasteiger charge is 2.32. The molecule has 0 N–H and O–H groups in total. The molecule has 0 saturated heterocycles. The van der Waals surface area contributed by atoms with E-state index < -0.39 is 17.8 Å². The van der Waals surface area contributed by atoms with Gasteiger partial charge in [-0.05, 0) is 24.3 Å². The van der Waals surface area contributed by atoms with E-state index >= 15 is 0 Å². The largest absolute Gasteiger partial charge is 0.486 e. The second-order valence-corrected chi connectivity index (χ2v) is 5.43. The van der Waals surface area contributed by atoms with Gasteiger partial charge in [0.15, 0.2) is 11.9 Å². The molecule has 2 rings (SSSR count). The third-order valence-electron chi connectivity index (χ3n) is 2.86. The molecule has 0 fully saturated rings. The zero-order valence-corrected chi connectivity index (χ0v) is 13.5. The lowest BCUT2D eigenvalue weighted by atomic mass is 10.2. The second-order valence-electron chi connectivity index (χ2n) is 4.62. The maximum atomic E-state index is 12.7. The summed E-state index contributed by atoms with van der Waals surface area (Å²) in [6, 6.07) is 9.83. The van der Waals surface area contributed by atoms with Crippen molar-refractivity contribution in [3.63, 3.8) is 0 Å². The maximum absolute atomic E-state index is 12.7. The summed E-state index contributed by atoms with van der Waals surface area (Å²) in [5.74, 6) is 0.252. The van der Waals surface area contributed by atoms with Crippen molar-refractivity contribution in [1.82, 2.24) is 0 Å². The molecule has 0 heterocycles. The van der Waals surface area contributed by atoms with Crippen molar-refractivity contribution < 1.29 is 27.4 Å². The molecule has 8 heteroatoms. The van der Waals surface area contributed by atoms with Crippen molar-refractivity contribution in [3.8, 4) is 11.5 Å². The van der Waals surface area contributed by atoms with Crippen LogP contribution in [0.2, 0.25) is 10.0 Å². The van der Waals surface area contributed by atoms with Gasteiger partial charge in [0.2, 0.25) is 6.29 Å². The number of rotatable bonds is 6. The van der Waals surface area contributed by atoms with Gasteiger partial charge in [0.25, 0.3) is 0 Å². The average Bonchev–Trinajstić information content (AvgIpc) is 2.52. The first-order valence-corrected chi connectivity index (χ1v) is 7.35. The Balaban J connectivity index is 2.09. The molecule has 0 spiro atoms. The van der Waals surface area contributed by atoms with Gasteiger partial charge in [-0.25, -0.2) is 0 Å². The number of alkyl halides is 3. The van der Waals surface area contributed by atoms with E-state index in [1.54, 1.807) is 36.6 Å². The van der Waals surface area contributed by atoms with E-state index in [9.17, 15) is 18.0 Å². The van der Waals surface area contributed by atoms with Crippen molar-refractivity contribution in [2.45, 2.75) is 12.3 Å². The van der Waals surface area contributed by atoms with E-state index in [0.29, 0.717) is 17.9 Å². The second kappa shape index (κ2) is 7.77. The minimum absolute atomic E-state index is 0.164. The number of carbonyl (C=O) groups excluding carboxylic acids is 1. The third-order valence-corrected chi connectivity index (χ3v) is 3.42. The molecular weight excluding hydrogens is 368 g/mol. The Morgan fingerprint density at radius 1 is 1.08 bits per heavy atom. The summed E-state index contributed by atoms with van der Waals surface area (Å²) < 4.78 is 48.6. The third kappa shape index (κ3) is 4.79. The summed E-state index contributed by atoms with van der Waals surface area (Å²) in [7, 11) is 0. The molecule has 0 aromatic heterocycles. The Labute approximate surface area is 145 Å². The standard InChI is InChI=1S/C16H10Cl2F3O3/c17-13-6-10(16(19,20)21)7-14(18)15(13)23-9-12(8-22)24-11-4-2-1-3-5-11/h1-7,12H,9H2. The molecule has 0 aliphatic heterocycles. The van der Waals surface area contributed by atoms with E-state index in [2.05, 4.69) is 0 Å². The van der Waals surface area contributed by atoms with Crippen molar-refractivity contribution in [2.75, 3.05) is 6.61 Å². The van der Waals surface area contributed by atoms with E-state index in [0.717, 1.165) is 0 Å². The zero-order chi connectivity index (χ0) is 17.7. The summed E-state index contributed by atoms with van der Waals surface area (Å²) in [6.07, 6.45) is -4.05. The molecular formula is C16H10Cl2F3O3. The Morgan fingerprint density at radius 3 is 2.17 bits per heavy atom. The molecule has 1 atom stereocenters. The topological polar surface area (TPSA) is 35.5 Å². The molecule has 3 nitrogen and oxygen atoms in total. The van der Waals surface area contributed by atoms with Gasteiger partial charge in [-0.15, -0.1) is 0 Å². The number of halogens is 5. The van der Waals surface area contributed by atoms with Crippen LogP contribution in [0.1, 0.15) is 5.56 Å². The molecule has 0 aliphatic carbocycles. The molecule has 24 heavy (non-hydrogen) atoms. The van der Waals surface area contributed by atoms with Crippen LogP contribution < -0.4 is 9.47 Å². The number of ether oxygens (including phenoxy) is 2. The van der Waals surface area contributed by atoms with Gasteiger partial charge >= 0.3 is 6.18 Å². The van der Waals surface area contributed by atoms with Crippen LogP contribution in [0.3, 0.4) is 0 Å². The summed E-state index contributed by atoms with van der Waals surface area (Å²) in [4.78, 5) is 10.9. The van der Waals surface area contributed by atoms with E-state index in [-0.39, 0.29) is 22.4 Å². The SMILES string of the molecule is O=[C]C(COc1c(Cl)cc(C(F)(F)F)cc1Cl)Oc1ccccc1. The predicted molar refractivity (Wildman–Crippen MR) is 83.5 cm³/mol. The summed E-state index contributed by atoms with van der Waals surface area (Å²) in [6.45, 7) is -0.316. The summed E-state index contributed by atoms with van der Waals surface area (Å²) in [5.41, 5.74) is -0.996. The van der Waals surface area contributed by atoms with Gasteiger partial charge in [0.1, 0.15) is 12.4 Å². The Bertz CT molecular complexity index is 682. The van der Waals surface area contributed by atoms with Crippen LogP contribution in [0.15, 0.2) is 42.5 Å². The predicted octanol–water partition coefficient (Wildman–Crippen LogP) is 4.95. The van der Waals surface area contributed by atoms with Gasteiger partial charge in [0, 0.05) is 0 Å². The lowest BCUT2D eigenvalue weighted by molar-refractivity contribution is -0.137. The first kappa shape index (κ1) is 18.4. The minimum atomic E-state index is -4.58. The molecule has 0 bridgehead atoms. The fourth-order valence-corrected chi connectivity index (χ4v) is 2.37. The molecule has 2 aromatic rings. The molecule has 1 radical (unpaired) electrons. The van der Waals surface area contributed by atoms with Crippen LogP contribution in [-0.2, 0) is 11.0 Å². The lowest BCUT2D eigenvalue weighted by Crippen LogP contribution is -2.26. The van der Waals surface area contributed by atoms with Crippen LogP contribution >= 0.6 is 23.2 Å². The normalized spacial score (nSPS) is 12.5. The fourth-order valence-electron chi connectivity index (χ4n) is 1.78. The average molecular weight is 378 g/mol. The quantitative estimate of drug-likeness (QED) is 0.714. The highest BCUT2D eigenvalue weighted by atomic mass is 35.5. The molecule has 0 aliphatic rings. The van der Waals surface area contributed by atoms with Crippen LogP contribution in [0.5, 0.6) is 11.5 Å². The van der Waals surface area contributed by atoms with E-state index in [1.807, 2.05) is 0 Å². The monoisotopic (exact) mass is 377 g/mol. The number of hydrogen-bond acceptors (Lipinski definition) is 3. The van der Waals surface area contributed by atoms with Gasteiger partial charge in [0.05, 0.1) is 15.6 Å². The van der Waals surface area contributed by atoms with Crippen LogP contribution in [0.4, 0.5) is 13.2 Å². The van der Waals surface area contributed by atoms with Crippen LogP contribution in [-0.4, -0.2) is 19.0 Å². The van der Waals surface area contributed by atoms with Crippen molar-refractivity contribution in [2.24, 2.45) is 0 Å². The first-order valence-electron chi connectivity index (χ1n) is 6.59. The lowest BCUT2D eigenvalue weighted by Gasteiger charge is -2.16. The van der Waals surface area contributed by atoms with Gasteiger partial charge in [-0.3, -0.25) is 4.79 Å². The minimum Gasteiger partial charge on any atom is -0.486 e.